The third kappa shape index (κ3) is 2.43. The van der Waals surface area contributed by atoms with Gasteiger partial charge in [0.15, 0.2) is 0 Å². The van der Waals surface area contributed by atoms with Crippen molar-refractivity contribution in [2.24, 2.45) is 5.73 Å². The summed E-state index contributed by atoms with van der Waals surface area (Å²) in [5.41, 5.74) is 8.10. The highest BCUT2D eigenvalue weighted by atomic mass is 79.9. The van der Waals surface area contributed by atoms with E-state index in [1.165, 1.54) is 17.5 Å². The van der Waals surface area contributed by atoms with Crippen LogP contribution in [0.1, 0.15) is 17.2 Å². The van der Waals surface area contributed by atoms with Crippen molar-refractivity contribution in [1.29, 1.82) is 0 Å². The molecule has 3 aromatic rings. The van der Waals surface area contributed by atoms with Crippen LogP contribution in [0.2, 0.25) is 0 Å². The first-order chi connectivity index (χ1) is 9.15. The molecule has 1 heterocycles. The minimum atomic E-state index is -0.325. The van der Waals surface area contributed by atoms with Crippen LogP contribution < -0.4 is 5.73 Å². The molecule has 0 spiro atoms. The van der Waals surface area contributed by atoms with Crippen LogP contribution in [0, 0.1) is 5.82 Å². The summed E-state index contributed by atoms with van der Waals surface area (Å²) in [5.74, 6) is -0.279. The maximum atomic E-state index is 13.5. The molecule has 19 heavy (non-hydrogen) atoms. The van der Waals surface area contributed by atoms with E-state index in [4.69, 9.17) is 5.73 Å². The highest BCUT2D eigenvalue weighted by Crippen LogP contribution is 2.32. The molecule has 0 saturated carbocycles. The van der Waals surface area contributed by atoms with Crippen LogP contribution in [-0.2, 0) is 0 Å². The van der Waals surface area contributed by atoms with Crippen molar-refractivity contribution in [1.82, 2.24) is 0 Å². The third-order valence-electron chi connectivity index (χ3n) is 3.09. The standard InChI is InChI=1S/C15H11BrFNS/c16-11-6-10(7-12(17)8-11)14(18)13-3-1-2-9-4-5-19-15(9)13/h1-8,14H,18H2. The fraction of sp³-hybridized carbons (Fsp3) is 0.0667. The second-order valence-electron chi connectivity index (χ2n) is 4.37. The summed E-state index contributed by atoms with van der Waals surface area (Å²) in [5, 5.41) is 3.22. The van der Waals surface area contributed by atoms with E-state index in [-0.39, 0.29) is 11.9 Å². The molecular weight excluding hydrogens is 325 g/mol. The van der Waals surface area contributed by atoms with Crippen molar-refractivity contribution in [2.75, 3.05) is 0 Å². The van der Waals surface area contributed by atoms with Crippen LogP contribution in [-0.4, -0.2) is 0 Å². The van der Waals surface area contributed by atoms with Crippen molar-refractivity contribution in [3.8, 4) is 0 Å². The van der Waals surface area contributed by atoms with E-state index in [1.807, 2.05) is 23.6 Å². The number of nitrogens with two attached hydrogens (primary N) is 1. The Bertz CT molecular complexity index is 718. The minimum absolute atomic E-state index is 0.279. The lowest BCUT2D eigenvalue weighted by Crippen LogP contribution is -2.12. The summed E-state index contributed by atoms with van der Waals surface area (Å²) in [6.07, 6.45) is 0. The Balaban J connectivity index is 2.13. The Morgan fingerprint density at radius 2 is 2.00 bits per heavy atom. The Hall–Kier alpha value is -1.23. The molecular formula is C15H11BrFNS. The van der Waals surface area contributed by atoms with E-state index in [0.717, 1.165) is 15.8 Å². The Morgan fingerprint density at radius 3 is 2.79 bits per heavy atom. The summed E-state index contributed by atoms with van der Waals surface area (Å²) in [6, 6.07) is 12.6. The van der Waals surface area contributed by atoms with Gasteiger partial charge in [0.05, 0.1) is 6.04 Å². The van der Waals surface area contributed by atoms with E-state index < -0.39 is 0 Å². The van der Waals surface area contributed by atoms with Crippen LogP contribution in [0.3, 0.4) is 0 Å². The van der Waals surface area contributed by atoms with Crippen LogP contribution in [0.5, 0.6) is 0 Å². The number of rotatable bonds is 2. The number of benzene rings is 2. The van der Waals surface area contributed by atoms with Gasteiger partial charge < -0.3 is 5.73 Å². The van der Waals surface area contributed by atoms with Gasteiger partial charge in [-0.3, -0.25) is 0 Å². The number of hydrogen-bond acceptors (Lipinski definition) is 2. The first-order valence-electron chi connectivity index (χ1n) is 5.83. The number of hydrogen-bond donors (Lipinski definition) is 1. The van der Waals surface area contributed by atoms with Crippen LogP contribution in [0.15, 0.2) is 52.3 Å². The van der Waals surface area contributed by atoms with Gasteiger partial charge in [0.2, 0.25) is 0 Å². The molecule has 1 nitrogen and oxygen atoms in total. The van der Waals surface area contributed by atoms with Gasteiger partial charge in [0.25, 0.3) is 0 Å². The average Bonchev–Trinajstić information content (AvgIpc) is 2.84. The van der Waals surface area contributed by atoms with Crippen LogP contribution in [0.4, 0.5) is 4.39 Å². The van der Waals surface area contributed by atoms with Gasteiger partial charge in [0.1, 0.15) is 5.82 Å². The predicted octanol–water partition coefficient (Wildman–Crippen LogP) is 4.85. The van der Waals surface area contributed by atoms with E-state index in [0.29, 0.717) is 4.47 Å². The van der Waals surface area contributed by atoms with Gasteiger partial charge in [-0.2, -0.15) is 0 Å². The van der Waals surface area contributed by atoms with E-state index >= 15 is 0 Å². The molecule has 4 heteroatoms. The molecule has 0 aliphatic heterocycles. The number of halogens is 2. The molecule has 0 aliphatic carbocycles. The quantitative estimate of drug-likeness (QED) is 0.711. The summed E-state index contributed by atoms with van der Waals surface area (Å²) in [7, 11) is 0. The fourth-order valence-corrected chi connectivity index (χ4v) is 3.63. The molecule has 3 rings (SSSR count). The molecule has 0 saturated heterocycles. The summed E-state index contributed by atoms with van der Waals surface area (Å²) < 4.78 is 15.3. The Labute approximate surface area is 123 Å². The minimum Gasteiger partial charge on any atom is -0.320 e. The monoisotopic (exact) mass is 335 g/mol. The second kappa shape index (κ2) is 5.04. The number of thiophene rings is 1. The van der Waals surface area contributed by atoms with E-state index in [1.54, 1.807) is 11.3 Å². The molecule has 1 atom stereocenters. The molecule has 0 bridgehead atoms. The molecule has 0 radical (unpaired) electrons. The van der Waals surface area contributed by atoms with Gasteiger partial charge in [0, 0.05) is 9.17 Å². The lowest BCUT2D eigenvalue weighted by atomic mass is 9.98. The second-order valence-corrected chi connectivity index (χ2v) is 6.20. The van der Waals surface area contributed by atoms with Crippen molar-refractivity contribution in [3.05, 3.63) is 69.3 Å². The molecule has 2 aromatic carbocycles. The van der Waals surface area contributed by atoms with Gasteiger partial charge in [-0.05, 0) is 46.2 Å². The maximum absolute atomic E-state index is 13.5. The van der Waals surface area contributed by atoms with Crippen molar-refractivity contribution in [3.63, 3.8) is 0 Å². The van der Waals surface area contributed by atoms with E-state index in [9.17, 15) is 4.39 Å². The SMILES string of the molecule is NC(c1cc(F)cc(Br)c1)c1cccc2ccsc12. The van der Waals surface area contributed by atoms with Crippen molar-refractivity contribution < 1.29 is 4.39 Å². The molecule has 0 amide bonds. The van der Waals surface area contributed by atoms with Crippen molar-refractivity contribution >= 4 is 37.4 Å². The fourth-order valence-electron chi connectivity index (χ4n) is 2.20. The molecule has 1 aromatic heterocycles. The largest absolute Gasteiger partial charge is 0.320 e. The van der Waals surface area contributed by atoms with Gasteiger partial charge in [-0.1, -0.05) is 34.1 Å². The maximum Gasteiger partial charge on any atom is 0.124 e. The van der Waals surface area contributed by atoms with Crippen LogP contribution >= 0.6 is 27.3 Å². The molecule has 2 N–H and O–H groups in total. The topological polar surface area (TPSA) is 26.0 Å². The molecule has 1 unspecified atom stereocenters. The Morgan fingerprint density at radius 1 is 1.16 bits per heavy atom. The Kier molecular flexibility index (Phi) is 3.39. The zero-order valence-corrected chi connectivity index (χ0v) is 12.3. The average molecular weight is 336 g/mol. The molecule has 0 aliphatic rings. The predicted molar refractivity (Wildman–Crippen MR) is 82.0 cm³/mol. The van der Waals surface area contributed by atoms with Gasteiger partial charge >= 0.3 is 0 Å². The van der Waals surface area contributed by atoms with Crippen molar-refractivity contribution in [2.45, 2.75) is 6.04 Å². The number of fused-ring (bicyclic) bond motifs is 1. The van der Waals surface area contributed by atoms with Crippen LogP contribution in [0.25, 0.3) is 10.1 Å². The lowest BCUT2D eigenvalue weighted by molar-refractivity contribution is 0.622. The van der Waals surface area contributed by atoms with Gasteiger partial charge in [-0.15, -0.1) is 11.3 Å². The molecule has 96 valence electrons. The first kappa shape index (κ1) is 12.8. The smallest absolute Gasteiger partial charge is 0.124 e. The third-order valence-corrected chi connectivity index (χ3v) is 4.53. The van der Waals surface area contributed by atoms with E-state index in [2.05, 4.69) is 28.1 Å². The zero-order valence-electron chi connectivity index (χ0n) is 9.94. The summed E-state index contributed by atoms with van der Waals surface area (Å²) in [4.78, 5) is 0. The summed E-state index contributed by atoms with van der Waals surface area (Å²) >= 11 is 4.96. The lowest BCUT2D eigenvalue weighted by Gasteiger charge is -2.14. The highest BCUT2D eigenvalue weighted by molar-refractivity contribution is 9.10. The highest BCUT2D eigenvalue weighted by Gasteiger charge is 2.14. The van der Waals surface area contributed by atoms with Gasteiger partial charge in [-0.25, -0.2) is 4.39 Å². The molecule has 0 fully saturated rings. The first-order valence-corrected chi connectivity index (χ1v) is 7.50. The summed E-state index contributed by atoms with van der Waals surface area (Å²) in [6.45, 7) is 0. The normalized spacial score (nSPS) is 12.8. The zero-order chi connectivity index (χ0) is 13.4.